The van der Waals surface area contributed by atoms with Gasteiger partial charge in [0.1, 0.15) is 17.9 Å². The van der Waals surface area contributed by atoms with E-state index in [0.717, 1.165) is 40.6 Å². The van der Waals surface area contributed by atoms with Gasteiger partial charge in [-0.25, -0.2) is 4.98 Å². The Balaban J connectivity index is 1.30. The Morgan fingerprint density at radius 3 is 2.37 bits per heavy atom. The van der Waals surface area contributed by atoms with Gasteiger partial charge < -0.3 is 15.0 Å². The predicted octanol–water partition coefficient (Wildman–Crippen LogP) is 7.85. The van der Waals surface area contributed by atoms with Crippen molar-refractivity contribution in [3.05, 3.63) is 135 Å². The summed E-state index contributed by atoms with van der Waals surface area (Å²) in [6.45, 7) is 2.05. The summed E-state index contributed by atoms with van der Waals surface area (Å²) in [4.78, 5) is 31.5. The van der Waals surface area contributed by atoms with E-state index in [1.165, 1.54) is 4.90 Å². The third-order valence-electron chi connectivity index (χ3n) is 7.35. The molecular formula is C35H31Cl2N3O3. The second-order valence-electron chi connectivity index (χ2n) is 10.3. The summed E-state index contributed by atoms with van der Waals surface area (Å²) in [5.41, 5.74) is 6.09. The van der Waals surface area contributed by atoms with Crippen molar-refractivity contribution in [2.45, 2.75) is 26.4 Å². The molecule has 43 heavy (non-hydrogen) atoms. The number of nitrogens with zero attached hydrogens (tertiary/aromatic N) is 2. The average molecular weight is 613 g/mol. The molecule has 0 saturated heterocycles. The quantitative estimate of drug-likeness (QED) is 0.184. The molecule has 0 atom stereocenters. The number of amides is 2. The van der Waals surface area contributed by atoms with Gasteiger partial charge in [-0.1, -0.05) is 65.7 Å². The molecule has 0 radical (unpaired) electrons. The van der Waals surface area contributed by atoms with Gasteiger partial charge in [0.05, 0.1) is 10.7 Å². The van der Waals surface area contributed by atoms with Gasteiger partial charge in [-0.2, -0.15) is 0 Å². The van der Waals surface area contributed by atoms with Gasteiger partial charge in [-0.3, -0.25) is 9.59 Å². The van der Waals surface area contributed by atoms with Crippen LogP contribution < -0.4 is 15.0 Å². The number of hydrogen-bond donors (Lipinski definition) is 1. The number of fused-ring (bicyclic) bond motifs is 1. The van der Waals surface area contributed by atoms with Crippen molar-refractivity contribution in [3.63, 3.8) is 0 Å². The minimum atomic E-state index is -0.193. The molecule has 5 aromatic rings. The van der Waals surface area contributed by atoms with Crippen LogP contribution in [0, 0.1) is 6.92 Å². The van der Waals surface area contributed by atoms with Crippen LogP contribution in [0.1, 0.15) is 43.1 Å². The Morgan fingerprint density at radius 2 is 1.60 bits per heavy atom. The van der Waals surface area contributed by atoms with E-state index in [1.54, 1.807) is 32.3 Å². The summed E-state index contributed by atoms with van der Waals surface area (Å²) in [5.74, 6) is 0.323. The van der Waals surface area contributed by atoms with E-state index in [0.29, 0.717) is 38.2 Å². The molecule has 4 aromatic carbocycles. The number of ether oxygens (including phenoxy) is 1. The molecule has 6 nitrogen and oxygen atoms in total. The van der Waals surface area contributed by atoms with Gasteiger partial charge in [-0.05, 0) is 79.4 Å². The van der Waals surface area contributed by atoms with Crippen LogP contribution in [0.4, 0.5) is 5.69 Å². The van der Waals surface area contributed by atoms with Gasteiger partial charge in [0.15, 0.2) is 0 Å². The maximum Gasteiger partial charge on any atom is 0.258 e. The monoisotopic (exact) mass is 611 g/mol. The maximum absolute atomic E-state index is 13.6. The third-order valence-corrected chi connectivity index (χ3v) is 8.12. The lowest BCUT2D eigenvalue weighted by Crippen LogP contribution is -2.27. The first-order valence-corrected chi connectivity index (χ1v) is 14.6. The number of carbonyl (C=O) groups excluding carboxylic acids is 2. The van der Waals surface area contributed by atoms with Gasteiger partial charge >= 0.3 is 0 Å². The van der Waals surface area contributed by atoms with Crippen LogP contribution >= 0.6 is 23.2 Å². The van der Waals surface area contributed by atoms with E-state index in [1.807, 2.05) is 79.7 Å². The Morgan fingerprint density at radius 1 is 0.860 bits per heavy atom. The number of aryl methyl sites for hydroxylation is 3. The summed E-state index contributed by atoms with van der Waals surface area (Å²) in [7, 11) is 3.31. The van der Waals surface area contributed by atoms with Crippen LogP contribution in [-0.4, -0.2) is 30.9 Å². The maximum atomic E-state index is 13.6. The number of carbonyl (C=O) groups is 2. The van der Waals surface area contributed by atoms with E-state index in [4.69, 9.17) is 27.9 Å². The topological polar surface area (TPSA) is 71.5 Å². The zero-order valence-corrected chi connectivity index (χ0v) is 25.7. The number of pyridine rings is 1. The van der Waals surface area contributed by atoms with Crippen LogP contribution in [0.5, 0.6) is 5.75 Å². The molecule has 0 saturated carbocycles. The number of para-hydroxylation sites is 1. The first kappa shape index (κ1) is 30.1. The van der Waals surface area contributed by atoms with Crippen molar-refractivity contribution in [1.29, 1.82) is 0 Å². The minimum absolute atomic E-state index is 0.112. The summed E-state index contributed by atoms with van der Waals surface area (Å²) in [5, 5.41) is 4.40. The Labute approximate surface area is 261 Å². The summed E-state index contributed by atoms with van der Waals surface area (Å²) >= 11 is 13.4. The van der Waals surface area contributed by atoms with E-state index >= 15 is 0 Å². The minimum Gasteiger partial charge on any atom is -0.487 e. The fourth-order valence-electron chi connectivity index (χ4n) is 4.88. The first-order valence-electron chi connectivity index (χ1n) is 13.9. The molecule has 0 bridgehead atoms. The first-order chi connectivity index (χ1) is 20.7. The molecule has 8 heteroatoms. The highest BCUT2D eigenvalue weighted by Gasteiger charge is 2.20. The molecule has 1 aromatic heterocycles. The normalized spacial score (nSPS) is 10.9. The SMILES string of the molecule is CNC(=O)c1ccc(CCc2cccc(C(=O)N(C)c3ccc(Cl)c(COc4cccc5ccc(C)nc45)c3Cl)c2)cc1. The molecule has 1 heterocycles. The van der Waals surface area contributed by atoms with Crippen LogP contribution in [0.15, 0.2) is 91.0 Å². The van der Waals surface area contributed by atoms with Crippen LogP contribution in [0.3, 0.4) is 0 Å². The highest BCUT2D eigenvalue weighted by molar-refractivity contribution is 6.38. The van der Waals surface area contributed by atoms with Gasteiger partial charge in [0.2, 0.25) is 0 Å². The molecule has 0 aliphatic rings. The number of nitrogens with one attached hydrogen (secondary N) is 1. The molecule has 0 unspecified atom stereocenters. The van der Waals surface area contributed by atoms with Crippen molar-refractivity contribution < 1.29 is 14.3 Å². The Hall–Kier alpha value is -4.39. The average Bonchev–Trinajstić information content (AvgIpc) is 3.03. The molecule has 0 fully saturated rings. The number of aromatic nitrogens is 1. The van der Waals surface area contributed by atoms with Crippen molar-refractivity contribution in [3.8, 4) is 5.75 Å². The fraction of sp³-hybridized carbons (Fsp3) is 0.171. The second-order valence-corrected chi connectivity index (χ2v) is 11.1. The summed E-state index contributed by atoms with van der Waals surface area (Å²) in [6, 6.07) is 28.3. The van der Waals surface area contributed by atoms with Crippen molar-refractivity contribution in [1.82, 2.24) is 10.3 Å². The molecule has 0 spiro atoms. The van der Waals surface area contributed by atoms with E-state index in [2.05, 4.69) is 10.3 Å². The van der Waals surface area contributed by atoms with Gasteiger partial charge in [-0.15, -0.1) is 0 Å². The van der Waals surface area contributed by atoms with Crippen molar-refractivity contribution in [2.75, 3.05) is 19.0 Å². The standard InChI is InChI=1S/C35H31Cl2N3O3/c1-22-10-15-25-7-5-9-31(33(25)39-22)43-21-28-29(36)18-19-30(32(28)37)40(3)35(42)27-8-4-6-24(20-27)12-11-23-13-16-26(17-14-23)34(41)38-2/h4-10,13-20H,11-12,21H2,1-3H3,(H,38,41). The van der Waals surface area contributed by atoms with Crippen molar-refractivity contribution in [2.24, 2.45) is 0 Å². The fourth-order valence-corrected chi connectivity index (χ4v) is 5.49. The van der Waals surface area contributed by atoms with Gasteiger partial charge in [0, 0.05) is 46.9 Å². The lowest BCUT2D eigenvalue weighted by molar-refractivity contribution is 0.0961. The van der Waals surface area contributed by atoms with Crippen LogP contribution in [0.2, 0.25) is 10.0 Å². The Bertz CT molecular complexity index is 1810. The van der Waals surface area contributed by atoms with Gasteiger partial charge in [0.25, 0.3) is 11.8 Å². The van der Waals surface area contributed by atoms with Crippen molar-refractivity contribution >= 4 is 51.6 Å². The Kier molecular flexibility index (Phi) is 9.29. The summed E-state index contributed by atoms with van der Waals surface area (Å²) < 4.78 is 6.15. The molecular weight excluding hydrogens is 581 g/mol. The lowest BCUT2D eigenvalue weighted by Gasteiger charge is -2.21. The molecule has 1 N–H and O–H groups in total. The van der Waals surface area contributed by atoms with Crippen LogP contribution in [-0.2, 0) is 19.4 Å². The molecule has 2 amide bonds. The number of halogens is 2. The van der Waals surface area contributed by atoms with E-state index in [-0.39, 0.29) is 18.4 Å². The highest BCUT2D eigenvalue weighted by Crippen LogP contribution is 2.36. The summed E-state index contributed by atoms with van der Waals surface area (Å²) in [6.07, 6.45) is 1.52. The molecule has 5 rings (SSSR count). The number of rotatable bonds is 9. The number of hydrogen-bond acceptors (Lipinski definition) is 4. The highest BCUT2D eigenvalue weighted by atomic mass is 35.5. The largest absolute Gasteiger partial charge is 0.487 e. The predicted molar refractivity (Wildman–Crippen MR) is 174 cm³/mol. The molecule has 0 aliphatic heterocycles. The molecule has 0 aliphatic carbocycles. The zero-order chi connectivity index (χ0) is 30.5. The number of benzene rings is 4. The smallest absolute Gasteiger partial charge is 0.258 e. The lowest BCUT2D eigenvalue weighted by atomic mass is 10.0. The van der Waals surface area contributed by atoms with Crippen LogP contribution in [0.25, 0.3) is 10.9 Å². The number of anilines is 1. The van der Waals surface area contributed by atoms with E-state index < -0.39 is 0 Å². The second kappa shape index (κ2) is 13.3. The van der Waals surface area contributed by atoms with E-state index in [9.17, 15) is 9.59 Å². The zero-order valence-electron chi connectivity index (χ0n) is 24.2. The third kappa shape index (κ3) is 6.82. The molecule has 218 valence electrons.